The Labute approximate surface area is 128 Å². The van der Waals surface area contributed by atoms with Crippen molar-refractivity contribution in [2.45, 2.75) is 25.5 Å². The topological polar surface area (TPSA) is 80.2 Å². The smallest absolute Gasteiger partial charge is 0.180 e. The monoisotopic (exact) mass is 307 g/mol. The quantitative estimate of drug-likeness (QED) is 0.892. The number of aliphatic hydroxyl groups is 1. The number of nitrogens with zero attached hydrogens (tertiary/aromatic N) is 4. The molecule has 3 N–H and O–H groups in total. The maximum Gasteiger partial charge on any atom is 0.180 e. The zero-order chi connectivity index (χ0) is 14.8. The van der Waals surface area contributed by atoms with E-state index in [-0.39, 0.29) is 5.92 Å². The van der Waals surface area contributed by atoms with Gasteiger partial charge in [-0.2, -0.15) is 0 Å². The third-order valence-corrected chi connectivity index (χ3v) is 4.96. The molecule has 2 aromatic heterocycles. The third kappa shape index (κ3) is 3.25. The number of rotatable bonds is 4. The number of aromatic nitrogens is 3. The van der Waals surface area contributed by atoms with Crippen LogP contribution in [0.5, 0.6) is 0 Å². The first-order valence-electron chi connectivity index (χ1n) is 7.21. The lowest BCUT2D eigenvalue weighted by Gasteiger charge is -2.33. The molecule has 0 bridgehead atoms. The number of anilines is 1. The molecule has 0 radical (unpaired) electrons. The van der Waals surface area contributed by atoms with Gasteiger partial charge < -0.3 is 15.4 Å². The first-order valence-corrected chi connectivity index (χ1v) is 8.03. The normalized spacial score (nSPS) is 19.0. The zero-order valence-electron chi connectivity index (χ0n) is 12.1. The van der Waals surface area contributed by atoms with Crippen molar-refractivity contribution in [3.05, 3.63) is 29.3 Å². The van der Waals surface area contributed by atoms with Gasteiger partial charge in [0.1, 0.15) is 11.9 Å². The van der Waals surface area contributed by atoms with Crippen LogP contribution in [-0.2, 0) is 13.6 Å². The highest BCUT2D eigenvalue weighted by atomic mass is 32.1. The molecule has 1 unspecified atom stereocenters. The number of likely N-dealkylation sites (tertiary alicyclic amines) is 1. The van der Waals surface area contributed by atoms with Crippen molar-refractivity contribution in [2.24, 2.45) is 13.0 Å². The van der Waals surface area contributed by atoms with Gasteiger partial charge >= 0.3 is 0 Å². The summed E-state index contributed by atoms with van der Waals surface area (Å²) in [4.78, 5) is 11.9. The van der Waals surface area contributed by atoms with Gasteiger partial charge in [-0.05, 0) is 31.8 Å². The molecule has 3 heterocycles. The SMILES string of the molecule is Cn1ccnc1C(O)C1CCN(Cc2cnc(N)s2)CC1. The van der Waals surface area contributed by atoms with Crippen molar-refractivity contribution in [1.82, 2.24) is 19.4 Å². The Morgan fingerprint density at radius 2 is 2.19 bits per heavy atom. The molecular weight excluding hydrogens is 286 g/mol. The molecule has 0 aromatic carbocycles. The van der Waals surface area contributed by atoms with E-state index >= 15 is 0 Å². The molecule has 114 valence electrons. The van der Waals surface area contributed by atoms with E-state index < -0.39 is 6.10 Å². The lowest BCUT2D eigenvalue weighted by Crippen LogP contribution is -2.35. The number of nitrogen functional groups attached to an aromatic ring is 1. The number of hydrogen-bond donors (Lipinski definition) is 2. The number of aryl methyl sites for hydroxylation is 1. The summed E-state index contributed by atoms with van der Waals surface area (Å²) >= 11 is 1.55. The van der Waals surface area contributed by atoms with Crippen LogP contribution in [-0.4, -0.2) is 37.6 Å². The molecule has 0 amide bonds. The Hall–Kier alpha value is -1.44. The van der Waals surface area contributed by atoms with E-state index in [1.54, 1.807) is 17.5 Å². The number of imidazole rings is 1. The molecule has 2 aromatic rings. The summed E-state index contributed by atoms with van der Waals surface area (Å²) in [6.07, 6.45) is 6.98. The Morgan fingerprint density at radius 3 is 2.76 bits per heavy atom. The van der Waals surface area contributed by atoms with Crippen LogP contribution in [0.25, 0.3) is 0 Å². The van der Waals surface area contributed by atoms with Gasteiger partial charge in [0.15, 0.2) is 5.13 Å². The molecule has 1 atom stereocenters. The molecule has 1 fully saturated rings. The van der Waals surface area contributed by atoms with Crippen LogP contribution in [0.2, 0.25) is 0 Å². The predicted octanol–water partition coefficient (Wildman–Crippen LogP) is 1.40. The number of nitrogens with two attached hydrogens (primary N) is 1. The Kier molecular flexibility index (Phi) is 4.23. The summed E-state index contributed by atoms with van der Waals surface area (Å²) in [5, 5.41) is 11.1. The third-order valence-electron chi connectivity index (χ3n) is 4.15. The molecule has 1 aliphatic heterocycles. The minimum atomic E-state index is -0.466. The van der Waals surface area contributed by atoms with Crippen LogP contribution < -0.4 is 5.73 Å². The second-order valence-corrected chi connectivity index (χ2v) is 6.77. The van der Waals surface area contributed by atoms with Gasteiger partial charge in [-0.15, -0.1) is 11.3 Å². The molecule has 1 saturated heterocycles. The molecule has 0 spiro atoms. The largest absolute Gasteiger partial charge is 0.385 e. The minimum absolute atomic E-state index is 0.286. The number of piperidine rings is 1. The molecule has 21 heavy (non-hydrogen) atoms. The molecule has 7 heteroatoms. The summed E-state index contributed by atoms with van der Waals surface area (Å²) in [7, 11) is 1.93. The van der Waals surface area contributed by atoms with Gasteiger partial charge in [-0.1, -0.05) is 0 Å². The first-order chi connectivity index (χ1) is 10.1. The van der Waals surface area contributed by atoms with Crippen LogP contribution >= 0.6 is 11.3 Å². The maximum atomic E-state index is 10.5. The van der Waals surface area contributed by atoms with E-state index in [4.69, 9.17) is 5.73 Å². The van der Waals surface area contributed by atoms with E-state index in [1.165, 1.54) is 4.88 Å². The van der Waals surface area contributed by atoms with Gasteiger partial charge in [0.25, 0.3) is 0 Å². The first kappa shape index (κ1) is 14.5. The molecular formula is C14H21N5OS. The fourth-order valence-corrected chi connectivity index (χ4v) is 3.64. The summed E-state index contributed by atoms with van der Waals surface area (Å²) < 4.78 is 1.90. The van der Waals surface area contributed by atoms with E-state index in [9.17, 15) is 5.11 Å². The van der Waals surface area contributed by atoms with E-state index in [0.29, 0.717) is 5.13 Å². The zero-order valence-corrected chi connectivity index (χ0v) is 13.0. The summed E-state index contributed by atoms with van der Waals surface area (Å²) in [6.45, 7) is 2.88. The van der Waals surface area contributed by atoms with Crippen LogP contribution in [0.1, 0.15) is 29.6 Å². The summed E-state index contributed by atoms with van der Waals surface area (Å²) in [5.41, 5.74) is 5.66. The van der Waals surface area contributed by atoms with Gasteiger partial charge in [-0.25, -0.2) is 9.97 Å². The van der Waals surface area contributed by atoms with Crippen LogP contribution in [0.3, 0.4) is 0 Å². The van der Waals surface area contributed by atoms with Gasteiger partial charge in [0, 0.05) is 37.1 Å². The molecule has 0 saturated carbocycles. The average Bonchev–Trinajstić information content (AvgIpc) is 3.08. The second-order valence-electron chi connectivity index (χ2n) is 5.62. The fraction of sp³-hybridized carbons (Fsp3) is 0.571. The highest BCUT2D eigenvalue weighted by molar-refractivity contribution is 7.15. The Morgan fingerprint density at radius 1 is 1.43 bits per heavy atom. The van der Waals surface area contributed by atoms with Crippen LogP contribution in [0, 0.1) is 5.92 Å². The predicted molar refractivity (Wildman–Crippen MR) is 82.7 cm³/mol. The van der Waals surface area contributed by atoms with Gasteiger partial charge in [0.05, 0.1) is 0 Å². The fourth-order valence-electron chi connectivity index (χ4n) is 2.92. The molecule has 1 aliphatic rings. The van der Waals surface area contributed by atoms with Crippen LogP contribution in [0.15, 0.2) is 18.6 Å². The van der Waals surface area contributed by atoms with Crippen molar-refractivity contribution in [1.29, 1.82) is 0 Å². The van der Waals surface area contributed by atoms with Crippen molar-refractivity contribution in [3.8, 4) is 0 Å². The lowest BCUT2D eigenvalue weighted by atomic mass is 9.90. The lowest BCUT2D eigenvalue weighted by molar-refractivity contribution is 0.0494. The number of thiazole rings is 1. The highest BCUT2D eigenvalue weighted by Gasteiger charge is 2.28. The van der Waals surface area contributed by atoms with E-state index in [2.05, 4.69) is 14.9 Å². The van der Waals surface area contributed by atoms with E-state index in [1.807, 2.05) is 24.0 Å². The Balaban J connectivity index is 1.54. The van der Waals surface area contributed by atoms with Gasteiger partial charge in [0.2, 0.25) is 0 Å². The highest BCUT2D eigenvalue weighted by Crippen LogP contribution is 2.30. The summed E-state index contributed by atoms with van der Waals surface area (Å²) in [6, 6.07) is 0. The van der Waals surface area contributed by atoms with Gasteiger partial charge in [-0.3, -0.25) is 4.90 Å². The molecule has 3 rings (SSSR count). The average molecular weight is 307 g/mol. The van der Waals surface area contributed by atoms with Crippen molar-refractivity contribution >= 4 is 16.5 Å². The number of aliphatic hydroxyl groups excluding tert-OH is 1. The molecule has 0 aliphatic carbocycles. The second kappa shape index (κ2) is 6.13. The van der Waals surface area contributed by atoms with Crippen LogP contribution in [0.4, 0.5) is 5.13 Å². The summed E-state index contributed by atoms with van der Waals surface area (Å²) in [5.74, 6) is 1.05. The number of hydrogen-bond acceptors (Lipinski definition) is 6. The van der Waals surface area contributed by atoms with Crippen molar-refractivity contribution in [3.63, 3.8) is 0 Å². The standard InChI is InChI=1S/C14H21N5OS/c1-18-7-4-16-13(18)12(20)10-2-5-19(6-3-10)9-11-8-17-14(15)21-11/h4,7-8,10,12,20H,2-3,5-6,9H2,1H3,(H2,15,17). The van der Waals surface area contributed by atoms with Crippen molar-refractivity contribution < 1.29 is 5.11 Å². The van der Waals surface area contributed by atoms with Crippen molar-refractivity contribution in [2.75, 3.05) is 18.8 Å². The molecule has 6 nitrogen and oxygen atoms in total. The Bertz CT molecular complexity index is 588. The van der Waals surface area contributed by atoms with E-state index in [0.717, 1.165) is 38.3 Å². The maximum absolute atomic E-state index is 10.5. The minimum Gasteiger partial charge on any atom is -0.385 e.